The van der Waals surface area contributed by atoms with Gasteiger partial charge in [-0.2, -0.15) is 0 Å². The van der Waals surface area contributed by atoms with Gasteiger partial charge in [-0.25, -0.2) is 0 Å². The molecular formula is C17H27NO2. The Bertz CT molecular complexity index is 357. The van der Waals surface area contributed by atoms with Crippen molar-refractivity contribution >= 4 is 5.91 Å². The van der Waals surface area contributed by atoms with Crippen molar-refractivity contribution in [3.05, 3.63) is 30.3 Å². The normalized spacial score (nSPS) is 10.3. The molecule has 112 valence electrons. The van der Waals surface area contributed by atoms with E-state index in [1.54, 1.807) is 0 Å². The molecule has 1 amide bonds. The number of rotatable bonds is 10. The zero-order valence-corrected chi connectivity index (χ0v) is 12.8. The fraction of sp³-hybridized carbons (Fsp3) is 0.588. The molecule has 1 rings (SSSR count). The van der Waals surface area contributed by atoms with Crippen molar-refractivity contribution < 1.29 is 9.53 Å². The lowest BCUT2D eigenvalue weighted by Gasteiger charge is -2.22. The first-order valence-electron chi connectivity index (χ1n) is 7.73. The Labute approximate surface area is 122 Å². The molecule has 0 heterocycles. The Balaban J connectivity index is 2.32. The van der Waals surface area contributed by atoms with E-state index in [4.69, 9.17) is 4.74 Å². The van der Waals surface area contributed by atoms with Crippen molar-refractivity contribution in [2.24, 2.45) is 0 Å². The summed E-state index contributed by atoms with van der Waals surface area (Å²) in [6.45, 7) is 6.51. The highest BCUT2D eigenvalue weighted by Gasteiger charge is 2.12. The second kappa shape index (κ2) is 10.3. The average Bonchev–Trinajstić information content (AvgIpc) is 2.48. The van der Waals surface area contributed by atoms with Crippen LogP contribution >= 0.6 is 0 Å². The topological polar surface area (TPSA) is 29.5 Å². The monoisotopic (exact) mass is 277 g/mol. The number of carbonyl (C=O) groups is 1. The van der Waals surface area contributed by atoms with Crippen LogP contribution in [0.2, 0.25) is 0 Å². The fourth-order valence-corrected chi connectivity index (χ4v) is 1.99. The third-order valence-corrected chi connectivity index (χ3v) is 3.24. The SMILES string of the molecule is CCCCN(CCCC)C(=O)CCOc1ccccc1. The molecule has 0 bridgehead atoms. The van der Waals surface area contributed by atoms with E-state index in [-0.39, 0.29) is 5.91 Å². The van der Waals surface area contributed by atoms with E-state index in [9.17, 15) is 4.79 Å². The van der Waals surface area contributed by atoms with Crippen molar-refractivity contribution in [2.45, 2.75) is 46.0 Å². The molecule has 0 aromatic heterocycles. The van der Waals surface area contributed by atoms with Crippen LogP contribution in [0.1, 0.15) is 46.0 Å². The number of para-hydroxylation sites is 1. The van der Waals surface area contributed by atoms with Crippen LogP contribution < -0.4 is 4.74 Å². The molecule has 0 N–H and O–H groups in total. The van der Waals surface area contributed by atoms with Gasteiger partial charge in [0.2, 0.25) is 5.91 Å². The highest BCUT2D eigenvalue weighted by Crippen LogP contribution is 2.09. The molecule has 0 saturated carbocycles. The number of nitrogens with zero attached hydrogens (tertiary/aromatic N) is 1. The van der Waals surface area contributed by atoms with Crippen molar-refractivity contribution in [2.75, 3.05) is 19.7 Å². The first-order valence-corrected chi connectivity index (χ1v) is 7.73. The number of unbranched alkanes of at least 4 members (excludes halogenated alkanes) is 2. The fourth-order valence-electron chi connectivity index (χ4n) is 1.99. The molecule has 1 aromatic carbocycles. The highest BCUT2D eigenvalue weighted by atomic mass is 16.5. The van der Waals surface area contributed by atoms with Crippen LogP contribution in [-0.2, 0) is 4.79 Å². The molecular weight excluding hydrogens is 250 g/mol. The summed E-state index contributed by atoms with van der Waals surface area (Å²) in [6.07, 6.45) is 4.86. The van der Waals surface area contributed by atoms with Crippen LogP contribution in [0.25, 0.3) is 0 Å². The molecule has 0 saturated heterocycles. The smallest absolute Gasteiger partial charge is 0.225 e. The first-order chi connectivity index (χ1) is 9.77. The maximum Gasteiger partial charge on any atom is 0.225 e. The predicted octanol–water partition coefficient (Wildman–Crippen LogP) is 3.88. The molecule has 0 aliphatic heterocycles. The van der Waals surface area contributed by atoms with E-state index in [1.165, 1.54) is 0 Å². The molecule has 0 unspecified atom stereocenters. The van der Waals surface area contributed by atoms with Gasteiger partial charge in [-0.15, -0.1) is 0 Å². The van der Waals surface area contributed by atoms with Gasteiger partial charge in [-0.05, 0) is 25.0 Å². The molecule has 0 spiro atoms. The molecule has 3 nitrogen and oxygen atoms in total. The number of hydrogen-bond acceptors (Lipinski definition) is 2. The molecule has 0 aliphatic carbocycles. The number of amides is 1. The van der Waals surface area contributed by atoms with Gasteiger partial charge in [-0.1, -0.05) is 44.9 Å². The molecule has 0 fully saturated rings. The Morgan fingerprint density at radius 1 is 1.05 bits per heavy atom. The Morgan fingerprint density at radius 2 is 1.65 bits per heavy atom. The third-order valence-electron chi connectivity index (χ3n) is 3.24. The molecule has 0 atom stereocenters. The van der Waals surface area contributed by atoms with E-state index in [1.807, 2.05) is 35.2 Å². The number of benzene rings is 1. The minimum absolute atomic E-state index is 0.211. The maximum atomic E-state index is 12.2. The summed E-state index contributed by atoms with van der Waals surface area (Å²) in [5.74, 6) is 1.04. The average molecular weight is 277 g/mol. The van der Waals surface area contributed by atoms with Gasteiger partial charge < -0.3 is 9.64 Å². The quantitative estimate of drug-likeness (QED) is 0.649. The predicted molar refractivity (Wildman–Crippen MR) is 83.0 cm³/mol. The van der Waals surface area contributed by atoms with Gasteiger partial charge in [0, 0.05) is 13.1 Å². The zero-order valence-electron chi connectivity index (χ0n) is 12.8. The summed E-state index contributed by atoms with van der Waals surface area (Å²) in [7, 11) is 0. The number of ether oxygens (including phenoxy) is 1. The van der Waals surface area contributed by atoms with E-state index < -0.39 is 0 Å². The zero-order chi connectivity index (χ0) is 14.6. The minimum atomic E-state index is 0.211. The minimum Gasteiger partial charge on any atom is -0.493 e. The lowest BCUT2D eigenvalue weighted by molar-refractivity contribution is -0.131. The van der Waals surface area contributed by atoms with Crippen molar-refractivity contribution in [3.8, 4) is 5.75 Å². The highest BCUT2D eigenvalue weighted by molar-refractivity contribution is 5.76. The first kappa shape index (κ1) is 16.5. The molecule has 1 aromatic rings. The van der Waals surface area contributed by atoms with Gasteiger partial charge in [0.25, 0.3) is 0 Å². The van der Waals surface area contributed by atoms with E-state index in [0.717, 1.165) is 44.5 Å². The third kappa shape index (κ3) is 6.60. The van der Waals surface area contributed by atoms with Crippen LogP contribution in [0.4, 0.5) is 0 Å². The van der Waals surface area contributed by atoms with E-state index in [2.05, 4.69) is 13.8 Å². The second-order valence-corrected chi connectivity index (χ2v) is 5.00. The van der Waals surface area contributed by atoms with Crippen LogP contribution in [0, 0.1) is 0 Å². The second-order valence-electron chi connectivity index (χ2n) is 5.00. The summed E-state index contributed by atoms with van der Waals surface area (Å²) >= 11 is 0. The van der Waals surface area contributed by atoms with Crippen LogP contribution in [0.15, 0.2) is 30.3 Å². The van der Waals surface area contributed by atoms with Crippen molar-refractivity contribution in [1.29, 1.82) is 0 Å². The number of carbonyl (C=O) groups excluding carboxylic acids is 1. The standard InChI is InChI=1S/C17H27NO2/c1-3-5-13-18(14-6-4-2)17(19)12-15-20-16-10-8-7-9-11-16/h7-11H,3-6,12-15H2,1-2H3. The summed E-state index contributed by atoms with van der Waals surface area (Å²) in [5, 5.41) is 0. The molecule has 20 heavy (non-hydrogen) atoms. The summed E-state index contributed by atoms with van der Waals surface area (Å²) in [5.41, 5.74) is 0. The Hall–Kier alpha value is -1.51. The summed E-state index contributed by atoms with van der Waals surface area (Å²) < 4.78 is 5.59. The van der Waals surface area contributed by atoms with Crippen LogP contribution in [0.3, 0.4) is 0 Å². The molecule has 3 heteroatoms. The van der Waals surface area contributed by atoms with Gasteiger partial charge in [0.1, 0.15) is 5.75 Å². The Kier molecular flexibility index (Phi) is 8.52. The Morgan fingerprint density at radius 3 is 2.20 bits per heavy atom. The van der Waals surface area contributed by atoms with Gasteiger partial charge in [0.05, 0.1) is 13.0 Å². The van der Waals surface area contributed by atoms with Gasteiger partial charge in [0.15, 0.2) is 0 Å². The van der Waals surface area contributed by atoms with Crippen molar-refractivity contribution in [3.63, 3.8) is 0 Å². The lowest BCUT2D eigenvalue weighted by Crippen LogP contribution is -2.33. The lowest BCUT2D eigenvalue weighted by atomic mass is 10.2. The van der Waals surface area contributed by atoms with E-state index in [0.29, 0.717) is 13.0 Å². The largest absolute Gasteiger partial charge is 0.493 e. The summed E-state index contributed by atoms with van der Waals surface area (Å²) in [6, 6.07) is 9.65. The maximum absolute atomic E-state index is 12.2. The molecule has 0 radical (unpaired) electrons. The van der Waals surface area contributed by atoms with E-state index >= 15 is 0 Å². The molecule has 0 aliphatic rings. The van der Waals surface area contributed by atoms with Gasteiger partial charge >= 0.3 is 0 Å². The van der Waals surface area contributed by atoms with Crippen LogP contribution in [0.5, 0.6) is 5.75 Å². The number of hydrogen-bond donors (Lipinski definition) is 0. The van der Waals surface area contributed by atoms with Crippen LogP contribution in [-0.4, -0.2) is 30.5 Å². The van der Waals surface area contributed by atoms with Gasteiger partial charge in [-0.3, -0.25) is 4.79 Å². The summed E-state index contributed by atoms with van der Waals surface area (Å²) in [4.78, 5) is 14.2. The van der Waals surface area contributed by atoms with Crippen molar-refractivity contribution in [1.82, 2.24) is 4.90 Å².